The van der Waals surface area contributed by atoms with Gasteiger partial charge in [-0.05, 0) is 25.5 Å². The predicted octanol–water partition coefficient (Wildman–Crippen LogP) is 1.94. The molecule has 0 spiro atoms. The van der Waals surface area contributed by atoms with Crippen molar-refractivity contribution in [3.05, 3.63) is 24.3 Å². The van der Waals surface area contributed by atoms with E-state index in [0.717, 1.165) is 6.42 Å². The van der Waals surface area contributed by atoms with Gasteiger partial charge in [0.25, 0.3) is 0 Å². The van der Waals surface area contributed by atoms with Crippen molar-refractivity contribution < 1.29 is 14.3 Å². The lowest BCUT2D eigenvalue weighted by Crippen LogP contribution is -2.28. The average molecular weight is 264 g/mol. The molecular formula is C14H20N2O3. The summed E-state index contributed by atoms with van der Waals surface area (Å²) in [6.45, 7) is 4.93. The number of hydrogen-bond acceptors (Lipinski definition) is 3. The Hall–Kier alpha value is -2.04. The van der Waals surface area contributed by atoms with E-state index in [1.165, 1.54) is 0 Å². The lowest BCUT2D eigenvalue weighted by atomic mass is 10.2. The van der Waals surface area contributed by atoms with Gasteiger partial charge >= 0.3 is 0 Å². The molecule has 1 aromatic rings. The number of nitrogens with one attached hydrogen (secondary N) is 2. The van der Waals surface area contributed by atoms with E-state index >= 15 is 0 Å². The molecule has 1 aromatic carbocycles. The molecule has 19 heavy (non-hydrogen) atoms. The molecule has 0 unspecified atom stereocenters. The zero-order valence-electron chi connectivity index (χ0n) is 11.4. The van der Waals surface area contributed by atoms with Crippen LogP contribution in [0, 0.1) is 0 Å². The van der Waals surface area contributed by atoms with Crippen LogP contribution in [-0.2, 0) is 9.59 Å². The standard InChI is InChI=1S/C14H20N2O3/c1-3-9-15-13(17)10-14(18)16-11-7-5-6-8-12(11)19-4-2/h5-8H,3-4,9-10H2,1-2H3,(H,15,17)(H,16,18). The minimum Gasteiger partial charge on any atom is -0.492 e. The molecule has 0 aliphatic heterocycles. The molecule has 5 heteroatoms. The van der Waals surface area contributed by atoms with E-state index in [9.17, 15) is 9.59 Å². The molecule has 2 amide bonds. The highest BCUT2D eigenvalue weighted by Crippen LogP contribution is 2.23. The maximum Gasteiger partial charge on any atom is 0.233 e. The third-order valence-electron chi connectivity index (χ3n) is 2.35. The van der Waals surface area contributed by atoms with Gasteiger partial charge in [0.05, 0.1) is 12.3 Å². The van der Waals surface area contributed by atoms with Crippen molar-refractivity contribution in [2.24, 2.45) is 0 Å². The largest absolute Gasteiger partial charge is 0.492 e. The minimum atomic E-state index is -0.347. The Balaban J connectivity index is 2.54. The Morgan fingerprint density at radius 3 is 2.58 bits per heavy atom. The second-order valence-corrected chi connectivity index (χ2v) is 4.00. The van der Waals surface area contributed by atoms with Gasteiger partial charge in [-0.15, -0.1) is 0 Å². The highest BCUT2D eigenvalue weighted by atomic mass is 16.5. The van der Waals surface area contributed by atoms with Gasteiger partial charge in [0, 0.05) is 6.54 Å². The van der Waals surface area contributed by atoms with Crippen molar-refractivity contribution in [3.8, 4) is 5.75 Å². The predicted molar refractivity (Wildman–Crippen MR) is 74.2 cm³/mol. The summed E-state index contributed by atoms with van der Waals surface area (Å²) in [5.74, 6) is -0.0127. The highest BCUT2D eigenvalue weighted by Gasteiger charge is 2.11. The second-order valence-electron chi connectivity index (χ2n) is 4.00. The fourth-order valence-electron chi connectivity index (χ4n) is 1.52. The molecule has 2 N–H and O–H groups in total. The molecule has 0 aromatic heterocycles. The Morgan fingerprint density at radius 1 is 1.16 bits per heavy atom. The lowest BCUT2D eigenvalue weighted by molar-refractivity contribution is -0.126. The first-order chi connectivity index (χ1) is 9.17. The Kier molecular flexibility index (Phi) is 6.43. The van der Waals surface area contributed by atoms with Gasteiger partial charge in [-0.3, -0.25) is 9.59 Å². The normalized spacial score (nSPS) is 9.79. The van der Waals surface area contributed by atoms with Crippen LogP contribution in [0.3, 0.4) is 0 Å². The summed E-state index contributed by atoms with van der Waals surface area (Å²) in [7, 11) is 0. The van der Waals surface area contributed by atoms with Crippen LogP contribution >= 0.6 is 0 Å². The minimum absolute atomic E-state index is 0.180. The number of benzene rings is 1. The molecule has 104 valence electrons. The van der Waals surface area contributed by atoms with Gasteiger partial charge in [0.2, 0.25) is 11.8 Å². The maximum absolute atomic E-state index is 11.7. The van der Waals surface area contributed by atoms with E-state index in [2.05, 4.69) is 10.6 Å². The molecular weight excluding hydrogens is 244 g/mol. The first-order valence-electron chi connectivity index (χ1n) is 6.45. The quantitative estimate of drug-likeness (QED) is 0.740. The fraction of sp³-hybridized carbons (Fsp3) is 0.429. The molecule has 0 fully saturated rings. The molecule has 0 bridgehead atoms. The number of rotatable bonds is 7. The zero-order chi connectivity index (χ0) is 14.1. The van der Waals surface area contributed by atoms with Gasteiger partial charge in [-0.2, -0.15) is 0 Å². The summed E-state index contributed by atoms with van der Waals surface area (Å²) >= 11 is 0. The number of hydrogen-bond donors (Lipinski definition) is 2. The fourth-order valence-corrected chi connectivity index (χ4v) is 1.52. The highest BCUT2D eigenvalue weighted by molar-refractivity contribution is 6.04. The van der Waals surface area contributed by atoms with E-state index in [0.29, 0.717) is 24.6 Å². The van der Waals surface area contributed by atoms with Gasteiger partial charge < -0.3 is 15.4 Å². The first kappa shape index (κ1) is 15.0. The summed E-state index contributed by atoms with van der Waals surface area (Å²) in [6, 6.07) is 7.15. The third kappa shape index (κ3) is 5.42. The van der Waals surface area contributed by atoms with Gasteiger partial charge in [0.1, 0.15) is 12.2 Å². The third-order valence-corrected chi connectivity index (χ3v) is 2.35. The summed E-state index contributed by atoms with van der Waals surface area (Å²) in [4.78, 5) is 23.1. The van der Waals surface area contributed by atoms with Crippen LogP contribution in [-0.4, -0.2) is 25.0 Å². The molecule has 1 rings (SSSR count). The topological polar surface area (TPSA) is 67.4 Å². The summed E-state index contributed by atoms with van der Waals surface area (Å²) in [6.07, 6.45) is 0.668. The van der Waals surface area contributed by atoms with Gasteiger partial charge in [0.15, 0.2) is 0 Å². The van der Waals surface area contributed by atoms with Crippen molar-refractivity contribution in [1.82, 2.24) is 5.32 Å². The molecule has 5 nitrogen and oxygen atoms in total. The van der Waals surface area contributed by atoms with Crippen LogP contribution in [0.4, 0.5) is 5.69 Å². The number of anilines is 1. The number of carbonyl (C=O) groups is 2. The van der Waals surface area contributed by atoms with Crippen molar-refractivity contribution >= 4 is 17.5 Å². The number of amides is 2. The summed E-state index contributed by atoms with van der Waals surface area (Å²) in [5.41, 5.74) is 0.581. The van der Waals surface area contributed by atoms with Crippen molar-refractivity contribution in [2.75, 3.05) is 18.5 Å². The monoisotopic (exact) mass is 264 g/mol. The summed E-state index contributed by atoms with van der Waals surface area (Å²) < 4.78 is 5.39. The van der Waals surface area contributed by atoms with Crippen molar-refractivity contribution in [2.45, 2.75) is 26.7 Å². The van der Waals surface area contributed by atoms with Crippen LogP contribution in [0.25, 0.3) is 0 Å². The van der Waals surface area contributed by atoms with E-state index in [-0.39, 0.29) is 18.2 Å². The SMILES string of the molecule is CCCNC(=O)CC(=O)Nc1ccccc1OCC. The number of carbonyl (C=O) groups excluding carboxylic acids is 2. The van der Waals surface area contributed by atoms with E-state index < -0.39 is 0 Å². The number of ether oxygens (including phenoxy) is 1. The van der Waals surface area contributed by atoms with Crippen LogP contribution in [0.2, 0.25) is 0 Å². The van der Waals surface area contributed by atoms with Crippen molar-refractivity contribution in [3.63, 3.8) is 0 Å². The van der Waals surface area contributed by atoms with Crippen LogP contribution in [0.5, 0.6) is 5.75 Å². The Labute approximate surface area is 113 Å². The Bertz CT molecular complexity index is 432. The molecule has 0 atom stereocenters. The van der Waals surface area contributed by atoms with E-state index in [4.69, 9.17) is 4.74 Å². The number of para-hydroxylation sites is 2. The first-order valence-corrected chi connectivity index (χ1v) is 6.45. The molecule has 0 heterocycles. The van der Waals surface area contributed by atoms with Crippen molar-refractivity contribution in [1.29, 1.82) is 0 Å². The molecule has 0 saturated carbocycles. The molecule has 0 radical (unpaired) electrons. The Morgan fingerprint density at radius 2 is 1.89 bits per heavy atom. The molecule has 0 aliphatic rings. The smallest absolute Gasteiger partial charge is 0.233 e. The van der Waals surface area contributed by atoms with Crippen LogP contribution in [0.15, 0.2) is 24.3 Å². The molecule has 0 aliphatic carbocycles. The van der Waals surface area contributed by atoms with Crippen LogP contribution in [0.1, 0.15) is 26.7 Å². The van der Waals surface area contributed by atoms with Crippen LogP contribution < -0.4 is 15.4 Å². The lowest BCUT2D eigenvalue weighted by Gasteiger charge is -2.11. The zero-order valence-corrected chi connectivity index (χ0v) is 11.4. The summed E-state index contributed by atoms with van der Waals surface area (Å²) in [5, 5.41) is 5.34. The molecule has 0 saturated heterocycles. The average Bonchev–Trinajstić information content (AvgIpc) is 2.39. The van der Waals surface area contributed by atoms with E-state index in [1.54, 1.807) is 18.2 Å². The second kappa shape index (κ2) is 8.13. The van der Waals surface area contributed by atoms with Gasteiger partial charge in [-0.25, -0.2) is 0 Å². The maximum atomic E-state index is 11.7. The van der Waals surface area contributed by atoms with Gasteiger partial charge in [-0.1, -0.05) is 19.1 Å². The van der Waals surface area contributed by atoms with E-state index in [1.807, 2.05) is 19.9 Å².